The SMILES string of the molecule is c1ccc(C(Nn2cccc2)c2ccccc2)cc1. The predicted molar refractivity (Wildman–Crippen MR) is 78.5 cm³/mol. The molecular weight excluding hydrogens is 232 g/mol. The van der Waals surface area contributed by atoms with Crippen LogP contribution in [-0.2, 0) is 0 Å². The maximum atomic E-state index is 3.51. The fraction of sp³-hybridized carbons (Fsp3) is 0.0588. The molecule has 3 rings (SSSR count). The fourth-order valence-electron chi connectivity index (χ4n) is 2.20. The Bertz CT molecular complexity index is 561. The first-order valence-corrected chi connectivity index (χ1v) is 6.43. The minimum atomic E-state index is 0.148. The van der Waals surface area contributed by atoms with Crippen molar-refractivity contribution in [1.29, 1.82) is 0 Å². The van der Waals surface area contributed by atoms with Gasteiger partial charge in [-0.25, -0.2) is 0 Å². The second-order valence-electron chi connectivity index (χ2n) is 4.47. The van der Waals surface area contributed by atoms with Gasteiger partial charge in [-0.15, -0.1) is 0 Å². The molecule has 0 aliphatic carbocycles. The molecule has 0 aliphatic rings. The van der Waals surface area contributed by atoms with Crippen LogP contribution in [0, 0.1) is 0 Å². The minimum absolute atomic E-state index is 0.148. The van der Waals surface area contributed by atoms with Gasteiger partial charge in [0, 0.05) is 12.4 Å². The van der Waals surface area contributed by atoms with Crippen LogP contribution in [0.15, 0.2) is 85.2 Å². The number of hydrogen-bond acceptors (Lipinski definition) is 1. The Balaban J connectivity index is 1.96. The van der Waals surface area contributed by atoms with E-state index in [2.05, 4.69) is 54.0 Å². The predicted octanol–water partition coefficient (Wildman–Crippen LogP) is 3.82. The van der Waals surface area contributed by atoms with E-state index >= 15 is 0 Å². The van der Waals surface area contributed by atoms with E-state index in [1.807, 2.05) is 41.3 Å². The van der Waals surface area contributed by atoms with Gasteiger partial charge in [0.25, 0.3) is 0 Å². The van der Waals surface area contributed by atoms with E-state index in [4.69, 9.17) is 0 Å². The van der Waals surface area contributed by atoms with E-state index in [0.29, 0.717) is 0 Å². The molecule has 2 aromatic carbocycles. The molecule has 94 valence electrons. The van der Waals surface area contributed by atoms with Crippen molar-refractivity contribution in [2.45, 2.75) is 6.04 Å². The van der Waals surface area contributed by atoms with Crippen LogP contribution >= 0.6 is 0 Å². The van der Waals surface area contributed by atoms with Crippen molar-refractivity contribution in [2.24, 2.45) is 0 Å². The maximum absolute atomic E-state index is 3.51. The zero-order valence-electron chi connectivity index (χ0n) is 10.6. The third-order valence-electron chi connectivity index (χ3n) is 3.15. The van der Waals surface area contributed by atoms with Gasteiger partial charge in [0.15, 0.2) is 0 Å². The minimum Gasteiger partial charge on any atom is -0.314 e. The second-order valence-corrected chi connectivity index (χ2v) is 4.47. The molecule has 0 unspecified atom stereocenters. The summed E-state index contributed by atoms with van der Waals surface area (Å²) in [4.78, 5) is 0. The van der Waals surface area contributed by atoms with Crippen molar-refractivity contribution in [2.75, 3.05) is 5.43 Å². The lowest BCUT2D eigenvalue weighted by Crippen LogP contribution is -2.20. The van der Waals surface area contributed by atoms with Gasteiger partial charge in [0.05, 0.1) is 6.04 Å². The highest BCUT2D eigenvalue weighted by molar-refractivity contribution is 5.34. The molecule has 0 amide bonds. The molecule has 0 fully saturated rings. The molecule has 1 N–H and O–H groups in total. The second kappa shape index (κ2) is 5.44. The Morgan fingerprint density at radius 2 is 1.11 bits per heavy atom. The quantitative estimate of drug-likeness (QED) is 0.742. The van der Waals surface area contributed by atoms with Crippen LogP contribution in [-0.4, -0.2) is 4.68 Å². The average Bonchev–Trinajstić information content (AvgIpc) is 3.00. The van der Waals surface area contributed by atoms with Crippen LogP contribution in [0.1, 0.15) is 17.2 Å². The summed E-state index contributed by atoms with van der Waals surface area (Å²) in [5.41, 5.74) is 6.01. The van der Waals surface area contributed by atoms with Crippen molar-refractivity contribution >= 4 is 0 Å². The summed E-state index contributed by atoms with van der Waals surface area (Å²) in [6.07, 6.45) is 4.03. The lowest BCUT2D eigenvalue weighted by Gasteiger charge is -2.21. The summed E-state index contributed by atoms with van der Waals surface area (Å²) in [5.74, 6) is 0. The summed E-state index contributed by atoms with van der Waals surface area (Å²) in [7, 11) is 0. The van der Waals surface area contributed by atoms with E-state index in [0.717, 1.165) is 0 Å². The van der Waals surface area contributed by atoms with Gasteiger partial charge in [-0.2, -0.15) is 0 Å². The normalized spacial score (nSPS) is 10.6. The third kappa shape index (κ3) is 2.68. The van der Waals surface area contributed by atoms with E-state index in [-0.39, 0.29) is 6.04 Å². The lowest BCUT2D eigenvalue weighted by atomic mass is 9.99. The van der Waals surface area contributed by atoms with Gasteiger partial charge in [0.2, 0.25) is 0 Å². The molecule has 1 aromatic heterocycles. The summed E-state index contributed by atoms with van der Waals surface area (Å²) in [6.45, 7) is 0. The Labute approximate surface area is 113 Å². The lowest BCUT2D eigenvalue weighted by molar-refractivity contribution is 0.760. The molecule has 2 heteroatoms. The molecule has 0 spiro atoms. The van der Waals surface area contributed by atoms with E-state index in [1.165, 1.54) is 11.1 Å². The van der Waals surface area contributed by atoms with E-state index < -0.39 is 0 Å². The van der Waals surface area contributed by atoms with Crippen LogP contribution in [0.25, 0.3) is 0 Å². The van der Waals surface area contributed by atoms with Gasteiger partial charge >= 0.3 is 0 Å². The van der Waals surface area contributed by atoms with E-state index in [1.54, 1.807) is 0 Å². The molecule has 0 aliphatic heterocycles. The molecule has 0 radical (unpaired) electrons. The Morgan fingerprint density at radius 3 is 1.58 bits per heavy atom. The average molecular weight is 248 g/mol. The van der Waals surface area contributed by atoms with Crippen molar-refractivity contribution in [3.05, 3.63) is 96.3 Å². The molecule has 0 atom stereocenters. The van der Waals surface area contributed by atoms with Crippen molar-refractivity contribution in [1.82, 2.24) is 4.68 Å². The van der Waals surface area contributed by atoms with E-state index in [9.17, 15) is 0 Å². The molecule has 1 heterocycles. The van der Waals surface area contributed by atoms with Gasteiger partial charge in [-0.3, -0.25) is 4.68 Å². The molecule has 0 saturated carbocycles. The van der Waals surface area contributed by atoms with Crippen LogP contribution in [0.2, 0.25) is 0 Å². The first-order valence-electron chi connectivity index (χ1n) is 6.43. The van der Waals surface area contributed by atoms with Crippen molar-refractivity contribution in [3.63, 3.8) is 0 Å². The fourth-order valence-corrected chi connectivity index (χ4v) is 2.20. The van der Waals surface area contributed by atoms with Gasteiger partial charge in [-0.1, -0.05) is 60.7 Å². The maximum Gasteiger partial charge on any atom is 0.0923 e. The monoisotopic (exact) mass is 248 g/mol. The van der Waals surface area contributed by atoms with Gasteiger partial charge < -0.3 is 5.43 Å². The smallest absolute Gasteiger partial charge is 0.0923 e. The number of nitrogens with zero attached hydrogens (tertiary/aromatic N) is 1. The molecule has 0 bridgehead atoms. The van der Waals surface area contributed by atoms with Crippen LogP contribution in [0.5, 0.6) is 0 Å². The number of rotatable bonds is 4. The highest BCUT2D eigenvalue weighted by atomic mass is 15.4. The zero-order valence-corrected chi connectivity index (χ0v) is 10.6. The molecule has 0 saturated heterocycles. The first-order chi connectivity index (χ1) is 9.43. The highest BCUT2D eigenvalue weighted by Crippen LogP contribution is 2.22. The van der Waals surface area contributed by atoms with Gasteiger partial charge in [-0.05, 0) is 23.3 Å². The van der Waals surface area contributed by atoms with Gasteiger partial charge in [0.1, 0.15) is 0 Å². The van der Waals surface area contributed by atoms with Crippen LogP contribution in [0.3, 0.4) is 0 Å². The van der Waals surface area contributed by atoms with Crippen LogP contribution in [0.4, 0.5) is 0 Å². The number of benzene rings is 2. The Morgan fingerprint density at radius 1 is 0.632 bits per heavy atom. The standard InChI is InChI=1S/C17H16N2/c1-3-9-15(10-4-1)17(16-11-5-2-6-12-16)18-19-13-7-8-14-19/h1-14,17-18H. The summed E-state index contributed by atoms with van der Waals surface area (Å²) >= 11 is 0. The van der Waals surface area contributed by atoms with Crippen LogP contribution < -0.4 is 5.43 Å². The summed E-state index contributed by atoms with van der Waals surface area (Å²) in [5, 5.41) is 0. The summed E-state index contributed by atoms with van der Waals surface area (Å²) < 4.78 is 1.99. The largest absolute Gasteiger partial charge is 0.314 e. The summed E-state index contributed by atoms with van der Waals surface area (Å²) in [6, 6.07) is 25.1. The highest BCUT2D eigenvalue weighted by Gasteiger charge is 2.12. The molecular formula is C17H16N2. The third-order valence-corrected chi connectivity index (χ3v) is 3.15. The number of hydrogen-bond donors (Lipinski definition) is 1. The Kier molecular flexibility index (Phi) is 3.32. The Hall–Kier alpha value is -2.48. The molecule has 2 nitrogen and oxygen atoms in total. The van der Waals surface area contributed by atoms with Crippen molar-refractivity contribution in [3.8, 4) is 0 Å². The molecule has 3 aromatic rings. The number of aromatic nitrogens is 1. The first kappa shape index (κ1) is 11.6. The topological polar surface area (TPSA) is 17.0 Å². The zero-order chi connectivity index (χ0) is 12.9. The van der Waals surface area contributed by atoms with Crippen molar-refractivity contribution < 1.29 is 0 Å². The number of nitrogens with one attached hydrogen (secondary N) is 1. The molecule has 19 heavy (non-hydrogen) atoms.